The molecule has 1 aromatic carbocycles. The van der Waals surface area contributed by atoms with Crippen LogP contribution in [0.1, 0.15) is 12.0 Å². The highest BCUT2D eigenvalue weighted by Crippen LogP contribution is 2.32. The van der Waals surface area contributed by atoms with Gasteiger partial charge in [0.05, 0.1) is 20.1 Å². The summed E-state index contributed by atoms with van der Waals surface area (Å²) in [7, 11) is 1.44. The van der Waals surface area contributed by atoms with Gasteiger partial charge in [0.1, 0.15) is 0 Å². The van der Waals surface area contributed by atoms with E-state index in [1.807, 2.05) is 0 Å². The topological polar surface area (TPSA) is 44.5 Å². The van der Waals surface area contributed by atoms with Crippen molar-refractivity contribution in [2.75, 3.05) is 20.3 Å². The van der Waals surface area contributed by atoms with Crippen LogP contribution in [0.2, 0.25) is 0 Å². The number of hydrogen-bond acceptors (Lipinski definition) is 3. The molecule has 6 heteroatoms. The summed E-state index contributed by atoms with van der Waals surface area (Å²) in [5, 5.41) is 0. The first kappa shape index (κ1) is 14.6. The molecular weight excluding hydrogens is 247 g/mol. The van der Waals surface area contributed by atoms with E-state index in [4.69, 9.17) is 15.2 Å². The third-order valence-corrected chi connectivity index (χ3v) is 2.33. The van der Waals surface area contributed by atoms with E-state index >= 15 is 0 Å². The zero-order chi connectivity index (χ0) is 13.6. The summed E-state index contributed by atoms with van der Waals surface area (Å²) in [5.41, 5.74) is 6.19. The number of nitrogens with two attached hydrogens (primary N) is 1. The fourth-order valence-electron chi connectivity index (χ4n) is 1.51. The molecule has 0 atom stereocenters. The van der Waals surface area contributed by atoms with Crippen LogP contribution >= 0.6 is 0 Å². The van der Waals surface area contributed by atoms with Gasteiger partial charge in [-0.05, 0) is 24.6 Å². The Morgan fingerprint density at radius 3 is 2.56 bits per heavy atom. The number of halogens is 3. The van der Waals surface area contributed by atoms with Gasteiger partial charge in [-0.15, -0.1) is 0 Å². The van der Waals surface area contributed by atoms with Crippen LogP contribution in [0.25, 0.3) is 0 Å². The number of methoxy groups -OCH3 is 1. The maximum atomic E-state index is 12.1. The minimum absolute atomic E-state index is 0.342. The number of hydrogen-bond donors (Lipinski definition) is 1. The molecular formula is C12H16F3NO2. The molecule has 0 saturated carbocycles. The van der Waals surface area contributed by atoms with Gasteiger partial charge >= 0.3 is 6.18 Å². The summed E-state index contributed by atoms with van der Waals surface area (Å²) in [6.45, 7) is -0.0375. The first-order valence-corrected chi connectivity index (χ1v) is 5.53. The summed E-state index contributed by atoms with van der Waals surface area (Å²) in [6, 6.07) is 5.15. The fraction of sp³-hybridized carbons (Fsp3) is 0.500. The molecule has 18 heavy (non-hydrogen) atoms. The first-order chi connectivity index (χ1) is 8.48. The van der Waals surface area contributed by atoms with Crippen molar-refractivity contribution in [3.8, 4) is 11.5 Å². The van der Waals surface area contributed by atoms with Gasteiger partial charge in [0, 0.05) is 0 Å². The number of para-hydroxylation sites is 1. The Kier molecular flexibility index (Phi) is 5.27. The highest BCUT2D eigenvalue weighted by atomic mass is 19.4. The van der Waals surface area contributed by atoms with Crippen molar-refractivity contribution in [2.45, 2.75) is 19.0 Å². The van der Waals surface area contributed by atoms with Crippen LogP contribution in [0.15, 0.2) is 18.2 Å². The molecule has 0 spiro atoms. The lowest BCUT2D eigenvalue weighted by Gasteiger charge is -2.15. The molecule has 0 saturated heterocycles. The lowest BCUT2D eigenvalue weighted by molar-refractivity contribution is -0.139. The van der Waals surface area contributed by atoms with Gasteiger partial charge in [-0.2, -0.15) is 13.2 Å². The van der Waals surface area contributed by atoms with Gasteiger partial charge in [-0.1, -0.05) is 12.1 Å². The lowest BCUT2D eigenvalue weighted by Crippen LogP contribution is -2.14. The van der Waals surface area contributed by atoms with Crippen LogP contribution in [0.3, 0.4) is 0 Å². The van der Waals surface area contributed by atoms with Crippen LogP contribution < -0.4 is 15.2 Å². The SMILES string of the molecule is COc1cccc(CCN)c1OCCC(F)(F)F. The van der Waals surface area contributed by atoms with Gasteiger partial charge in [0.2, 0.25) is 0 Å². The van der Waals surface area contributed by atoms with E-state index in [9.17, 15) is 13.2 Å². The Balaban J connectivity index is 2.77. The smallest absolute Gasteiger partial charge is 0.392 e. The Hall–Kier alpha value is -1.43. The van der Waals surface area contributed by atoms with E-state index < -0.39 is 19.2 Å². The van der Waals surface area contributed by atoms with Crippen LogP contribution in [0.4, 0.5) is 13.2 Å². The first-order valence-electron chi connectivity index (χ1n) is 5.53. The summed E-state index contributed by atoms with van der Waals surface area (Å²) in [6.07, 6.45) is -4.69. The summed E-state index contributed by atoms with van der Waals surface area (Å²) >= 11 is 0. The molecule has 1 aromatic rings. The summed E-state index contributed by atoms with van der Waals surface area (Å²) < 4.78 is 46.4. The highest BCUT2D eigenvalue weighted by Gasteiger charge is 2.27. The normalized spacial score (nSPS) is 11.4. The van der Waals surface area contributed by atoms with Crippen LogP contribution in [0, 0.1) is 0 Å². The third-order valence-electron chi connectivity index (χ3n) is 2.33. The third kappa shape index (κ3) is 4.44. The lowest BCUT2D eigenvalue weighted by atomic mass is 10.1. The number of alkyl halides is 3. The van der Waals surface area contributed by atoms with E-state index in [1.165, 1.54) is 7.11 Å². The van der Waals surface area contributed by atoms with Crippen molar-refractivity contribution in [3.63, 3.8) is 0 Å². The molecule has 0 aliphatic carbocycles. The van der Waals surface area contributed by atoms with Gasteiger partial charge < -0.3 is 15.2 Å². The van der Waals surface area contributed by atoms with Crippen molar-refractivity contribution < 1.29 is 22.6 Å². The molecule has 0 aromatic heterocycles. The molecule has 0 heterocycles. The second-order valence-electron chi connectivity index (χ2n) is 3.70. The van der Waals surface area contributed by atoms with Crippen molar-refractivity contribution in [2.24, 2.45) is 5.73 Å². The zero-order valence-electron chi connectivity index (χ0n) is 10.1. The average molecular weight is 263 g/mol. The van der Waals surface area contributed by atoms with Gasteiger partial charge in [0.15, 0.2) is 11.5 Å². The molecule has 0 fully saturated rings. The maximum absolute atomic E-state index is 12.1. The van der Waals surface area contributed by atoms with Crippen molar-refractivity contribution >= 4 is 0 Å². The Bertz CT molecular complexity index is 380. The quantitative estimate of drug-likeness (QED) is 0.857. The molecule has 0 bridgehead atoms. The molecule has 3 nitrogen and oxygen atoms in total. The second kappa shape index (κ2) is 6.49. The van der Waals surface area contributed by atoms with Crippen molar-refractivity contribution in [1.29, 1.82) is 0 Å². The molecule has 0 aliphatic heterocycles. The molecule has 0 radical (unpaired) electrons. The van der Waals surface area contributed by atoms with E-state index in [-0.39, 0.29) is 0 Å². The van der Waals surface area contributed by atoms with Crippen molar-refractivity contribution in [1.82, 2.24) is 0 Å². The minimum atomic E-state index is -4.23. The fourth-order valence-corrected chi connectivity index (χ4v) is 1.51. The van der Waals surface area contributed by atoms with Crippen LogP contribution in [-0.4, -0.2) is 26.4 Å². The Labute approximate surface area is 104 Å². The largest absolute Gasteiger partial charge is 0.493 e. The van der Waals surface area contributed by atoms with E-state index in [2.05, 4.69) is 0 Å². The molecule has 0 unspecified atom stereocenters. The predicted octanol–water partition coefficient (Wildman–Crippen LogP) is 2.53. The molecule has 102 valence electrons. The van der Waals surface area contributed by atoms with Crippen molar-refractivity contribution in [3.05, 3.63) is 23.8 Å². The molecule has 0 aliphatic rings. The second-order valence-corrected chi connectivity index (χ2v) is 3.70. The standard InChI is InChI=1S/C12H16F3NO2/c1-17-10-4-2-3-9(5-7-16)11(10)18-8-6-12(13,14)15/h2-4H,5-8,16H2,1H3. The van der Waals surface area contributed by atoms with Crippen LogP contribution in [0.5, 0.6) is 11.5 Å². The van der Waals surface area contributed by atoms with E-state index in [0.717, 1.165) is 5.56 Å². The Morgan fingerprint density at radius 1 is 1.28 bits per heavy atom. The van der Waals surface area contributed by atoms with E-state index in [0.29, 0.717) is 24.5 Å². The summed E-state index contributed by atoms with van der Waals surface area (Å²) in [5.74, 6) is 0.762. The van der Waals surface area contributed by atoms with E-state index in [1.54, 1.807) is 18.2 Å². The number of ether oxygens (including phenoxy) is 2. The minimum Gasteiger partial charge on any atom is -0.493 e. The van der Waals surface area contributed by atoms with Gasteiger partial charge in [0.25, 0.3) is 0 Å². The summed E-state index contributed by atoms with van der Waals surface area (Å²) in [4.78, 5) is 0. The average Bonchev–Trinajstić information content (AvgIpc) is 2.29. The zero-order valence-corrected chi connectivity index (χ0v) is 10.1. The Morgan fingerprint density at radius 2 is 2.00 bits per heavy atom. The molecule has 1 rings (SSSR count). The maximum Gasteiger partial charge on any atom is 0.392 e. The monoisotopic (exact) mass is 263 g/mol. The molecule has 2 N–H and O–H groups in total. The molecule has 0 amide bonds. The van der Waals surface area contributed by atoms with Gasteiger partial charge in [-0.25, -0.2) is 0 Å². The number of rotatable bonds is 6. The van der Waals surface area contributed by atoms with Gasteiger partial charge in [-0.3, -0.25) is 0 Å². The number of benzene rings is 1. The predicted molar refractivity (Wildman–Crippen MR) is 61.9 cm³/mol. The highest BCUT2D eigenvalue weighted by molar-refractivity contribution is 5.46. The van der Waals surface area contributed by atoms with Crippen LogP contribution in [-0.2, 0) is 6.42 Å².